The molecule has 0 N–H and O–H groups in total. The first-order chi connectivity index (χ1) is 7.62. The van der Waals surface area contributed by atoms with Crippen molar-refractivity contribution >= 4 is 22.3 Å². The number of hydrogen-bond acceptors (Lipinski definition) is 0. The Morgan fingerprint density at radius 3 is 1.00 bits per heavy atom. The molecular formula is C14H30Si3. The second-order valence-electron chi connectivity index (χ2n) is 9.31. The highest BCUT2D eigenvalue weighted by atomic mass is 29.6. The Morgan fingerprint density at radius 2 is 0.824 bits per heavy atom. The summed E-state index contributed by atoms with van der Waals surface area (Å²) in [5.41, 5.74) is 0. The summed E-state index contributed by atoms with van der Waals surface area (Å²) in [5.74, 6) is 0. The molecule has 3 rings (SSSR count). The van der Waals surface area contributed by atoms with Gasteiger partial charge in [-0.25, -0.2) is 0 Å². The van der Waals surface area contributed by atoms with Crippen LogP contribution in [0.15, 0.2) is 0 Å². The molecule has 0 aromatic heterocycles. The maximum absolute atomic E-state index is 2.77. The van der Waals surface area contributed by atoms with E-state index in [1.54, 1.807) is 38.5 Å². The first-order valence-corrected chi connectivity index (χ1v) is 18.6. The fourth-order valence-corrected chi connectivity index (χ4v) is 70.4. The van der Waals surface area contributed by atoms with Gasteiger partial charge in [0, 0.05) is 15.2 Å². The third-order valence-corrected chi connectivity index (χ3v) is 49.2. The van der Waals surface area contributed by atoms with Crippen molar-refractivity contribution < 1.29 is 0 Å². The van der Waals surface area contributed by atoms with Crippen molar-refractivity contribution in [2.45, 2.75) is 87.9 Å². The van der Waals surface area contributed by atoms with Crippen LogP contribution in [0, 0.1) is 0 Å². The molecular weight excluding hydrogens is 252 g/mol. The third-order valence-electron chi connectivity index (χ3n) is 6.63. The van der Waals surface area contributed by atoms with Gasteiger partial charge in [-0.2, -0.15) is 0 Å². The van der Waals surface area contributed by atoms with Crippen LogP contribution in [0.3, 0.4) is 0 Å². The van der Waals surface area contributed by atoms with Crippen LogP contribution in [0.25, 0.3) is 0 Å². The van der Waals surface area contributed by atoms with E-state index in [-0.39, 0.29) is 0 Å². The fraction of sp³-hybridized carbons (Fsp3) is 1.00. The molecule has 0 atom stereocenters. The molecule has 0 aromatic rings. The van der Waals surface area contributed by atoms with Gasteiger partial charge in [-0.15, -0.1) is 0 Å². The van der Waals surface area contributed by atoms with Gasteiger partial charge in [-0.05, 0) is 10.1 Å². The van der Waals surface area contributed by atoms with Crippen molar-refractivity contribution in [1.29, 1.82) is 0 Å². The molecule has 0 nitrogen and oxygen atoms in total. The predicted molar refractivity (Wildman–Crippen MR) is 85.5 cm³/mol. The van der Waals surface area contributed by atoms with Gasteiger partial charge in [-0.1, -0.05) is 77.8 Å². The molecule has 1 saturated heterocycles. The lowest BCUT2D eigenvalue weighted by Gasteiger charge is -2.56. The zero-order valence-electron chi connectivity index (χ0n) is 12.7. The Balaban J connectivity index is 2.22. The average Bonchev–Trinajstić information content (AvgIpc) is 2.90. The highest BCUT2D eigenvalue weighted by molar-refractivity contribution is 7.71. The van der Waals surface area contributed by atoms with E-state index in [4.69, 9.17) is 0 Å². The first kappa shape index (κ1) is 12.7. The summed E-state index contributed by atoms with van der Waals surface area (Å²) in [7, 11) is -2.90. The largest absolute Gasteiger partial charge is 0.0716 e. The Morgan fingerprint density at radius 1 is 0.588 bits per heavy atom. The topological polar surface area (TPSA) is 0 Å². The zero-order valence-corrected chi connectivity index (χ0v) is 15.7. The van der Waals surface area contributed by atoms with Crippen LogP contribution < -0.4 is 0 Å². The van der Waals surface area contributed by atoms with Crippen molar-refractivity contribution in [2.75, 3.05) is 0 Å². The van der Waals surface area contributed by atoms with Gasteiger partial charge >= 0.3 is 0 Å². The second kappa shape index (κ2) is 3.04. The molecule has 1 aliphatic heterocycles. The van der Waals surface area contributed by atoms with Crippen LogP contribution in [0.2, 0.25) is 49.4 Å². The molecule has 2 aliphatic carbocycles. The van der Waals surface area contributed by atoms with Crippen LogP contribution >= 0.6 is 0 Å². The van der Waals surface area contributed by atoms with Crippen molar-refractivity contribution in [3.05, 3.63) is 0 Å². The highest BCUT2D eigenvalue weighted by Gasteiger charge is 2.82. The Kier molecular flexibility index (Phi) is 2.26. The van der Waals surface area contributed by atoms with E-state index in [2.05, 4.69) is 39.3 Å². The van der Waals surface area contributed by atoms with Gasteiger partial charge < -0.3 is 0 Å². The van der Waals surface area contributed by atoms with Gasteiger partial charge in [-0.3, -0.25) is 0 Å². The SMILES string of the molecule is C[Si](C)(C)[Si]1([Si](C)(C)C)C2(CC2)CCC12CC2. The van der Waals surface area contributed by atoms with Crippen LogP contribution in [0.1, 0.15) is 38.5 Å². The minimum Gasteiger partial charge on any atom is -0.0716 e. The second-order valence-corrected chi connectivity index (χ2v) is 36.9. The molecule has 0 amide bonds. The zero-order chi connectivity index (χ0) is 12.7. The van der Waals surface area contributed by atoms with E-state index >= 15 is 0 Å². The van der Waals surface area contributed by atoms with E-state index in [0.717, 1.165) is 10.1 Å². The van der Waals surface area contributed by atoms with Gasteiger partial charge in [0.1, 0.15) is 0 Å². The smallest absolute Gasteiger partial charge is 0.0544 e. The Hall–Kier alpha value is 0.651. The quantitative estimate of drug-likeness (QED) is 0.616. The van der Waals surface area contributed by atoms with Crippen LogP contribution in [0.4, 0.5) is 0 Å². The molecule has 1 heterocycles. The van der Waals surface area contributed by atoms with E-state index in [0.29, 0.717) is 0 Å². The van der Waals surface area contributed by atoms with Crippen molar-refractivity contribution in [2.24, 2.45) is 0 Å². The van der Waals surface area contributed by atoms with Crippen molar-refractivity contribution in [3.63, 3.8) is 0 Å². The maximum atomic E-state index is 2.77. The summed E-state index contributed by atoms with van der Waals surface area (Å²) in [6.07, 6.45) is 9.91. The van der Waals surface area contributed by atoms with E-state index in [1.807, 2.05) is 0 Å². The fourth-order valence-electron chi connectivity index (χ4n) is 7.27. The lowest BCUT2D eigenvalue weighted by atomic mass is 10.2. The van der Waals surface area contributed by atoms with Crippen molar-refractivity contribution in [1.82, 2.24) is 0 Å². The number of hydrogen-bond donors (Lipinski definition) is 0. The molecule has 98 valence electrons. The van der Waals surface area contributed by atoms with Crippen LogP contribution in [-0.2, 0) is 0 Å². The Bertz CT molecular complexity index is 315. The average molecular weight is 283 g/mol. The molecule has 3 fully saturated rings. The van der Waals surface area contributed by atoms with Gasteiger partial charge in [0.15, 0.2) is 0 Å². The third kappa shape index (κ3) is 1.24. The maximum Gasteiger partial charge on any atom is 0.0544 e. The summed E-state index contributed by atoms with van der Waals surface area (Å²) in [5, 5.41) is 1.97. The summed E-state index contributed by atoms with van der Waals surface area (Å²) >= 11 is 0. The minimum atomic E-state index is -0.991. The molecule has 17 heavy (non-hydrogen) atoms. The normalized spacial score (nSPS) is 32.1. The van der Waals surface area contributed by atoms with Crippen LogP contribution in [0.5, 0.6) is 0 Å². The first-order valence-electron chi connectivity index (χ1n) is 7.62. The lowest BCUT2D eigenvalue weighted by molar-refractivity contribution is 0.713. The lowest BCUT2D eigenvalue weighted by Crippen LogP contribution is -2.75. The Labute approximate surface area is 110 Å². The molecule has 2 spiro atoms. The molecule has 2 saturated carbocycles. The van der Waals surface area contributed by atoms with E-state index < -0.39 is 22.3 Å². The standard InChI is InChI=1S/C14H30Si3/c1-15(2,3)17(16(4,5)6)13(7-8-13)11-12-14(17)9-10-14/h7-12H2,1-6H3. The van der Waals surface area contributed by atoms with E-state index in [1.165, 1.54) is 0 Å². The van der Waals surface area contributed by atoms with Crippen LogP contribution in [-0.4, -0.2) is 22.3 Å². The summed E-state index contributed by atoms with van der Waals surface area (Å²) in [4.78, 5) is 0. The molecule has 3 aliphatic rings. The molecule has 0 aromatic carbocycles. The van der Waals surface area contributed by atoms with Gasteiger partial charge in [0.05, 0.1) is 7.11 Å². The molecule has 0 unspecified atom stereocenters. The molecule has 3 heteroatoms. The highest BCUT2D eigenvalue weighted by Crippen LogP contribution is 2.86. The minimum absolute atomic E-state index is 0.955. The molecule has 0 radical (unpaired) electrons. The predicted octanol–water partition coefficient (Wildman–Crippen LogP) is 5.13. The van der Waals surface area contributed by atoms with E-state index in [9.17, 15) is 0 Å². The summed E-state index contributed by atoms with van der Waals surface area (Å²) in [6.45, 7) is 16.6. The van der Waals surface area contributed by atoms with Gasteiger partial charge in [0.25, 0.3) is 0 Å². The monoisotopic (exact) mass is 282 g/mol. The molecule has 0 bridgehead atoms. The van der Waals surface area contributed by atoms with Crippen molar-refractivity contribution in [3.8, 4) is 0 Å². The number of rotatable bonds is 2. The summed E-state index contributed by atoms with van der Waals surface area (Å²) < 4.78 is 0. The van der Waals surface area contributed by atoms with Gasteiger partial charge in [0.2, 0.25) is 0 Å². The summed E-state index contributed by atoms with van der Waals surface area (Å²) in [6, 6.07) is 0.